The minimum atomic E-state index is -0.229. The second-order valence-electron chi connectivity index (χ2n) is 5.30. The van der Waals surface area contributed by atoms with E-state index in [1.54, 1.807) is 7.11 Å². The molecule has 0 saturated carbocycles. The first-order chi connectivity index (χ1) is 10.1. The Morgan fingerprint density at radius 2 is 2.24 bits per heavy atom. The first-order valence-corrected chi connectivity index (χ1v) is 7.59. The SMILES string of the molecule is COc1ncnc2c1nc(C(C)Cl)n2C(C)C1CCCO1. The minimum Gasteiger partial charge on any atom is -0.479 e. The molecule has 0 spiro atoms. The standard InChI is InChI=1S/C14H19ClN4O2/c1-8(15)12-18-11-13(16-7-17-14(11)20-3)19(12)9(2)10-5-4-6-21-10/h7-10H,4-6H2,1-3H3. The number of nitrogens with zero attached hydrogens (tertiary/aromatic N) is 4. The van der Waals surface area contributed by atoms with E-state index in [2.05, 4.69) is 26.4 Å². The van der Waals surface area contributed by atoms with Crippen molar-refractivity contribution in [3.8, 4) is 5.88 Å². The lowest BCUT2D eigenvalue weighted by molar-refractivity contribution is 0.0734. The maximum atomic E-state index is 6.31. The van der Waals surface area contributed by atoms with E-state index < -0.39 is 0 Å². The second-order valence-corrected chi connectivity index (χ2v) is 5.96. The molecule has 0 amide bonds. The summed E-state index contributed by atoms with van der Waals surface area (Å²) in [5.41, 5.74) is 1.39. The molecule has 3 atom stereocenters. The van der Waals surface area contributed by atoms with Gasteiger partial charge in [0.1, 0.15) is 12.2 Å². The number of imidazole rings is 1. The van der Waals surface area contributed by atoms with Gasteiger partial charge in [-0.15, -0.1) is 11.6 Å². The summed E-state index contributed by atoms with van der Waals surface area (Å²) in [6, 6.07) is 0.119. The molecule has 0 aromatic carbocycles. The average molecular weight is 311 g/mol. The Hall–Kier alpha value is -1.40. The fraction of sp³-hybridized carbons (Fsp3) is 0.643. The van der Waals surface area contributed by atoms with Gasteiger partial charge in [0.05, 0.1) is 24.6 Å². The van der Waals surface area contributed by atoms with E-state index in [9.17, 15) is 0 Å². The van der Waals surface area contributed by atoms with Crippen molar-refractivity contribution in [2.45, 2.75) is 44.2 Å². The molecule has 114 valence electrons. The van der Waals surface area contributed by atoms with Gasteiger partial charge in [-0.05, 0) is 26.7 Å². The van der Waals surface area contributed by atoms with Crippen molar-refractivity contribution in [3.05, 3.63) is 12.2 Å². The van der Waals surface area contributed by atoms with Gasteiger partial charge in [0.2, 0.25) is 5.88 Å². The van der Waals surface area contributed by atoms with Gasteiger partial charge < -0.3 is 14.0 Å². The summed E-state index contributed by atoms with van der Waals surface area (Å²) in [7, 11) is 1.58. The number of methoxy groups -OCH3 is 1. The van der Waals surface area contributed by atoms with Crippen molar-refractivity contribution < 1.29 is 9.47 Å². The van der Waals surface area contributed by atoms with Crippen LogP contribution in [-0.2, 0) is 4.74 Å². The summed E-state index contributed by atoms with van der Waals surface area (Å²) in [5, 5.41) is -0.229. The fourth-order valence-corrected chi connectivity index (χ4v) is 3.04. The lowest BCUT2D eigenvalue weighted by Gasteiger charge is -2.23. The Morgan fingerprint density at radius 3 is 2.86 bits per heavy atom. The van der Waals surface area contributed by atoms with E-state index in [0.717, 1.165) is 30.9 Å². The highest BCUT2D eigenvalue weighted by Crippen LogP contribution is 2.33. The molecule has 7 heteroatoms. The highest BCUT2D eigenvalue weighted by molar-refractivity contribution is 6.20. The molecule has 3 rings (SSSR count). The monoisotopic (exact) mass is 310 g/mol. The van der Waals surface area contributed by atoms with Gasteiger partial charge in [0, 0.05) is 6.61 Å². The summed E-state index contributed by atoms with van der Waals surface area (Å²) in [6.45, 7) is 4.83. The van der Waals surface area contributed by atoms with Crippen LogP contribution < -0.4 is 4.74 Å². The van der Waals surface area contributed by atoms with Crippen molar-refractivity contribution in [1.82, 2.24) is 19.5 Å². The van der Waals surface area contributed by atoms with Crippen molar-refractivity contribution in [1.29, 1.82) is 0 Å². The van der Waals surface area contributed by atoms with E-state index in [1.807, 2.05) is 6.92 Å². The summed E-state index contributed by atoms with van der Waals surface area (Å²) < 4.78 is 13.2. The van der Waals surface area contributed by atoms with Gasteiger partial charge in [-0.3, -0.25) is 0 Å². The molecule has 1 saturated heterocycles. The molecule has 2 aromatic rings. The minimum absolute atomic E-state index is 0.119. The smallest absolute Gasteiger partial charge is 0.245 e. The molecule has 2 aromatic heterocycles. The normalized spacial score (nSPS) is 21.6. The molecule has 0 bridgehead atoms. The van der Waals surface area contributed by atoms with Gasteiger partial charge in [-0.25, -0.2) is 9.97 Å². The third kappa shape index (κ3) is 2.46. The Labute approximate surface area is 128 Å². The highest BCUT2D eigenvalue weighted by Gasteiger charge is 2.29. The zero-order chi connectivity index (χ0) is 15.0. The summed E-state index contributed by atoms with van der Waals surface area (Å²) in [6.07, 6.45) is 3.78. The molecule has 3 heterocycles. The molecule has 6 nitrogen and oxygen atoms in total. The lowest BCUT2D eigenvalue weighted by Crippen LogP contribution is -2.23. The van der Waals surface area contributed by atoms with Gasteiger partial charge >= 0.3 is 0 Å². The Kier molecular flexibility index (Phi) is 3.99. The molecular weight excluding hydrogens is 292 g/mol. The highest BCUT2D eigenvalue weighted by atomic mass is 35.5. The summed E-state index contributed by atoms with van der Waals surface area (Å²) in [4.78, 5) is 13.1. The number of hydrogen-bond acceptors (Lipinski definition) is 5. The van der Waals surface area contributed by atoms with E-state index in [4.69, 9.17) is 21.1 Å². The zero-order valence-corrected chi connectivity index (χ0v) is 13.2. The van der Waals surface area contributed by atoms with Crippen LogP contribution in [0.4, 0.5) is 0 Å². The maximum absolute atomic E-state index is 6.31. The van der Waals surface area contributed by atoms with Crippen LogP contribution in [0.1, 0.15) is 43.9 Å². The third-order valence-corrected chi connectivity index (χ3v) is 4.13. The summed E-state index contributed by atoms with van der Waals surface area (Å²) >= 11 is 6.31. The van der Waals surface area contributed by atoms with Crippen LogP contribution in [0, 0.1) is 0 Å². The molecule has 21 heavy (non-hydrogen) atoms. The third-order valence-electron chi connectivity index (χ3n) is 3.93. The van der Waals surface area contributed by atoms with Gasteiger partial charge in [-0.2, -0.15) is 4.98 Å². The number of ether oxygens (including phenoxy) is 2. The van der Waals surface area contributed by atoms with Crippen molar-refractivity contribution in [2.24, 2.45) is 0 Å². The van der Waals surface area contributed by atoms with Crippen LogP contribution in [0.15, 0.2) is 6.33 Å². The van der Waals surface area contributed by atoms with Crippen LogP contribution in [0.3, 0.4) is 0 Å². The number of hydrogen-bond donors (Lipinski definition) is 0. The predicted molar refractivity (Wildman–Crippen MR) is 79.8 cm³/mol. The topological polar surface area (TPSA) is 62.1 Å². The van der Waals surface area contributed by atoms with Gasteiger partial charge in [0.15, 0.2) is 11.2 Å². The number of aromatic nitrogens is 4. The molecule has 3 unspecified atom stereocenters. The van der Waals surface area contributed by atoms with Crippen molar-refractivity contribution >= 4 is 22.8 Å². The maximum Gasteiger partial charge on any atom is 0.245 e. The molecule has 1 fully saturated rings. The van der Waals surface area contributed by atoms with Crippen molar-refractivity contribution in [3.63, 3.8) is 0 Å². The van der Waals surface area contributed by atoms with Gasteiger partial charge in [-0.1, -0.05) is 0 Å². The van der Waals surface area contributed by atoms with Crippen LogP contribution in [0.2, 0.25) is 0 Å². The molecule has 1 aliphatic heterocycles. The van der Waals surface area contributed by atoms with E-state index in [0.29, 0.717) is 11.4 Å². The molecular formula is C14H19ClN4O2. The lowest BCUT2D eigenvalue weighted by atomic mass is 10.1. The van der Waals surface area contributed by atoms with Crippen molar-refractivity contribution in [2.75, 3.05) is 13.7 Å². The van der Waals surface area contributed by atoms with E-state index in [-0.39, 0.29) is 17.5 Å². The van der Waals surface area contributed by atoms with E-state index in [1.165, 1.54) is 6.33 Å². The quantitative estimate of drug-likeness (QED) is 0.813. The van der Waals surface area contributed by atoms with Gasteiger partial charge in [0.25, 0.3) is 0 Å². The first-order valence-electron chi connectivity index (χ1n) is 7.16. The number of halogens is 1. The van der Waals surface area contributed by atoms with Crippen LogP contribution in [0.5, 0.6) is 5.88 Å². The Bertz CT molecular complexity index is 637. The zero-order valence-electron chi connectivity index (χ0n) is 12.4. The summed E-state index contributed by atoms with van der Waals surface area (Å²) in [5.74, 6) is 1.24. The van der Waals surface area contributed by atoms with Crippen LogP contribution in [-0.4, -0.2) is 39.3 Å². The molecule has 0 N–H and O–H groups in total. The van der Waals surface area contributed by atoms with Crippen LogP contribution in [0.25, 0.3) is 11.2 Å². The first kappa shape index (κ1) is 14.5. The number of fused-ring (bicyclic) bond motifs is 1. The fourth-order valence-electron chi connectivity index (χ4n) is 2.89. The number of rotatable bonds is 4. The van der Waals surface area contributed by atoms with Crippen LogP contribution >= 0.6 is 11.6 Å². The largest absolute Gasteiger partial charge is 0.479 e. The average Bonchev–Trinajstić information content (AvgIpc) is 3.13. The molecule has 0 radical (unpaired) electrons. The second kappa shape index (κ2) is 5.77. The predicted octanol–water partition coefficient (Wildman–Crippen LogP) is 2.87. The molecule has 1 aliphatic rings. The van der Waals surface area contributed by atoms with E-state index >= 15 is 0 Å². The Balaban J connectivity index is 2.16. The molecule has 0 aliphatic carbocycles. The number of alkyl halides is 1. The Morgan fingerprint density at radius 1 is 1.43 bits per heavy atom.